The van der Waals surface area contributed by atoms with Gasteiger partial charge in [0.15, 0.2) is 0 Å². The first-order valence-corrected chi connectivity index (χ1v) is 6.85. The minimum absolute atomic E-state index is 0.235. The van der Waals surface area contributed by atoms with Crippen LogP contribution in [0.25, 0.3) is 0 Å². The van der Waals surface area contributed by atoms with E-state index in [9.17, 15) is 14.7 Å². The summed E-state index contributed by atoms with van der Waals surface area (Å²) >= 11 is 0. The van der Waals surface area contributed by atoms with E-state index in [-0.39, 0.29) is 11.8 Å². The minimum atomic E-state index is -1.01. The Morgan fingerprint density at radius 2 is 1.75 bits per heavy atom. The van der Waals surface area contributed by atoms with Crippen LogP contribution in [0.3, 0.4) is 0 Å². The summed E-state index contributed by atoms with van der Waals surface area (Å²) in [6.45, 7) is 7.32. The lowest BCUT2D eigenvalue weighted by atomic mass is 9.86. The van der Waals surface area contributed by atoms with Crippen LogP contribution in [0.15, 0.2) is 30.3 Å². The van der Waals surface area contributed by atoms with Crippen molar-refractivity contribution in [1.82, 2.24) is 5.32 Å². The van der Waals surface area contributed by atoms with E-state index < -0.39 is 17.4 Å². The van der Waals surface area contributed by atoms with Crippen molar-refractivity contribution in [1.29, 1.82) is 0 Å². The van der Waals surface area contributed by atoms with Crippen LogP contribution < -0.4 is 5.32 Å². The number of carboxylic acid groups (broad SMARTS) is 1. The molecule has 20 heavy (non-hydrogen) atoms. The maximum Gasteiger partial charge on any atom is 0.326 e. The number of amides is 1. The molecule has 110 valence electrons. The molecule has 0 aliphatic heterocycles. The fourth-order valence-electron chi connectivity index (χ4n) is 2.15. The van der Waals surface area contributed by atoms with E-state index in [1.54, 1.807) is 20.8 Å². The van der Waals surface area contributed by atoms with Gasteiger partial charge in [0.25, 0.3) is 0 Å². The van der Waals surface area contributed by atoms with Crippen LogP contribution >= 0.6 is 0 Å². The molecule has 0 radical (unpaired) electrons. The zero-order valence-electron chi connectivity index (χ0n) is 12.5. The van der Waals surface area contributed by atoms with Gasteiger partial charge in [-0.25, -0.2) is 4.79 Å². The Bertz CT molecular complexity index is 462. The number of carbonyl (C=O) groups excluding carboxylic acids is 1. The van der Waals surface area contributed by atoms with E-state index >= 15 is 0 Å². The molecule has 0 saturated heterocycles. The zero-order valence-corrected chi connectivity index (χ0v) is 12.5. The predicted octanol–water partition coefficient (Wildman–Crippen LogP) is 2.80. The van der Waals surface area contributed by atoms with E-state index in [0.717, 1.165) is 5.56 Å². The van der Waals surface area contributed by atoms with Gasteiger partial charge in [0, 0.05) is 0 Å². The minimum Gasteiger partial charge on any atom is -0.480 e. The first kappa shape index (κ1) is 16.2. The number of rotatable bonds is 5. The second-order valence-corrected chi connectivity index (χ2v) is 6.02. The van der Waals surface area contributed by atoms with Crippen molar-refractivity contribution in [3.8, 4) is 0 Å². The molecular weight excluding hydrogens is 254 g/mol. The third kappa shape index (κ3) is 4.08. The van der Waals surface area contributed by atoms with Crippen LogP contribution in [-0.2, 0) is 9.59 Å². The molecule has 4 nitrogen and oxygen atoms in total. The number of hydrogen-bond donors (Lipinski definition) is 2. The fraction of sp³-hybridized carbons (Fsp3) is 0.500. The lowest BCUT2D eigenvalue weighted by molar-refractivity contribution is -0.145. The summed E-state index contributed by atoms with van der Waals surface area (Å²) in [6.07, 6.45) is 0.631. The molecule has 2 unspecified atom stereocenters. The predicted molar refractivity (Wildman–Crippen MR) is 78.5 cm³/mol. The third-order valence-electron chi connectivity index (χ3n) is 3.33. The number of carbonyl (C=O) groups is 2. The smallest absolute Gasteiger partial charge is 0.326 e. The average molecular weight is 277 g/mol. The van der Waals surface area contributed by atoms with E-state index in [1.807, 2.05) is 37.3 Å². The summed E-state index contributed by atoms with van der Waals surface area (Å²) in [7, 11) is 0. The standard InChI is InChI=1S/C16H23NO3/c1-5-12(11-9-7-6-8-10-11)14(18)17-13(15(19)20)16(2,3)4/h6-10,12-13H,5H2,1-4H3,(H,17,18)(H,19,20). The molecule has 2 N–H and O–H groups in total. The highest BCUT2D eigenvalue weighted by atomic mass is 16.4. The Morgan fingerprint density at radius 3 is 2.15 bits per heavy atom. The molecule has 1 aromatic carbocycles. The van der Waals surface area contributed by atoms with E-state index in [0.29, 0.717) is 6.42 Å². The Hall–Kier alpha value is -1.84. The van der Waals surface area contributed by atoms with E-state index in [1.165, 1.54) is 0 Å². The van der Waals surface area contributed by atoms with Gasteiger partial charge < -0.3 is 10.4 Å². The SMILES string of the molecule is CCC(C(=O)NC(C(=O)O)C(C)(C)C)c1ccccc1. The van der Waals surface area contributed by atoms with Crippen LogP contribution in [0.2, 0.25) is 0 Å². The average Bonchev–Trinajstić information content (AvgIpc) is 2.36. The summed E-state index contributed by atoms with van der Waals surface area (Å²) in [6, 6.07) is 8.53. The molecule has 1 aromatic rings. The molecule has 0 aromatic heterocycles. The van der Waals surface area contributed by atoms with Crippen LogP contribution in [0, 0.1) is 5.41 Å². The second kappa shape index (κ2) is 6.55. The highest BCUT2D eigenvalue weighted by Gasteiger charge is 2.34. The van der Waals surface area contributed by atoms with Crippen molar-refractivity contribution < 1.29 is 14.7 Å². The van der Waals surface area contributed by atoms with Crippen molar-refractivity contribution in [2.24, 2.45) is 5.41 Å². The summed E-state index contributed by atoms with van der Waals surface area (Å²) in [5, 5.41) is 11.9. The van der Waals surface area contributed by atoms with Crippen molar-refractivity contribution in [3.05, 3.63) is 35.9 Å². The largest absolute Gasteiger partial charge is 0.480 e. The van der Waals surface area contributed by atoms with E-state index in [2.05, 4.69) is 5.32 Å². The molecule has 0 aliphatic carbocycles. The first-order valence-electron chi connectivity index (χ1n) is 6.85. The van der Waals surface area contributed by atoms with Gasteiger partial charge in [-0.2, -0.15) is 0 Å². The normalized spacial score (nSPS) is 14.4. The summed E-state index contributed by atoms with van der Waals surface area (Å²) in [5.41, 5.74) is 0.377. The molecule has 0 saturated carbocycles. The number of benzene rings is 1. The molecule has 0 spiro atoms. The molecule has 0 aliphatic rings. The highest BCUT2D eigenvalue weighted by Crippen LogP contribution is 2.23. The Kier molecular flexibility index (Phi) is 5.31. The van der Waals surface area contributed by atoms with Gasteiger partial charge in [-0.05, 0) is 17.4 Å². The lowest BCUT2D eigenvalue weighted by Crippen LogP contribution is -2.50. The maximum atomic E-state index is 12.4. The summed E-state index contributed by atoms with van der Waals surface area (Å²) in [5.74, 6) is -1.56. The van der Waals surface area contributed by atoms with Crippen LogP contribution in [0.5, 0.6) is 0 Å². The van der Waals surface area contributed by atoms with Gasteiger partial charge >= 0.3 is 5.97 Å². The molecule has 1 rings (SSSR count). The summed E-state index contributed by atoms with van der Waals surface area (Å²) in [4.78, 5) is 23.7. The zero-order chi connectivity index (χ0) is 15.3. The number of hydrogen-bond acceptors (Lipinski definition) is 2. The Morgan fingerprint density at radius 1 is 1.20 bits per heavy atom. The van der Waals surface area contributed by atoms with Crippen molar-refractivity contribution in [2.75, 3.05) is 0 Å². The van der Waals surface area contributed by atoms with E-state index in [4.69, 9.17) is 0 Å². The van der Waals surface area contributed by atoms with Gasteiger partial charge in [0.1, 0.15) is 6.04 Å². The van der Waals surface area contributed by atoms with Crippen molar-refractivity contribution in [2.45, 2.75) is 46.1 Å². The first-order chi connectivity index (χ1) is 9.27. The Labute approximate surface area is 120 Å². The number of aliphatic carboxylic acids is 1. The molecule has 2 atom stereocenters. The van der Waals surface area contributed by atoms with Gasteiger partial charge in [0.2, 0.25) is 5.91 Å². The van der Waals surface area contributed by atoms with Crippen molar-refractivity contribution in [3.63, 3.8) is 0 Å². The molecule has 0 fully saturated rings. The van der Waals surface area contributed by atoms with Gasteiger partial charge in [-0.15, -0.1) is 0 Å². The lowest BCUT2D eigenvalue weighted by Gasteiger charge is -2.29. The monoisotopic (exact) mass is 277 g/mol. The van der Waals surface area contributed by atoms with Gasteiger partial charge in [0.05, 0.1) is 5.92 Å². The van der Waals surface area contributed by atoms with Gasteiger partial charge in [-0.3, -0.25) is 4.79 Å². The summed E-state index contributed by atoms with van der Waals surface area (Å²) < 4.78 is 0. The van der Waals surface area contributed by atoms with Crippen molar-refractivity contribution >= 4 is 11.9 Å². The molecular formula is C16H23NO3. The fourth-order valence-corrected chi connectivity index (χ4v) is 2.15. The molecule has 4 heteroatoms. The quantitative estimate of drug-likeness (QED) is 0.869. The maximum absolute atomic E-state index is 12.4. The third-order valence-corrected chi connectivity index (χ3v) is 3.33. The highest BCUT2D eigenvalue weighted by molar-refractivity contribution is 5.88. The molecule has 1 amide bonds. The topological polar surface area (TPSA) is 66.4 Å². The number of nitrogens with one attached hydrogen (secondary N) is 1. The van der Waals surface area contributed by atoms with Crippen LogP contribution in [0.1, 0.15) is 45.6 Å². The van der Waals surface area contributed by atoms with Gasteiger partial charge in [-0.1, -0.05) is 58.0 Å². The molecule has 0 bridgehead atoms. The Balaban J connectivity index is 2.90. The second-order valence-electron chi connectivity index (χ2n) is 6.02. The number of carboxylic acids is 1. The molecule has 0 heterocycles. The van der Waals surface area contributed by atoms with Crippen LogP contribution in [-0.4, -0.2) is 23.0 Å². The van der Waals surface area contributed by atoms with Crippen LogP contribution in [0.4, 0.5) is 0 Å².